The van der Waals surface area contributed by atoms with E-state index in [0.29, 0.717) is 28.8 Å². The molecular weight excluding hydrogens is 396 g/mol. The number of halogens is 1. The predicted octanol–water partition coefficient (Wildman–Crippen LogP) is 3.62. The van der Waals surface area contributed by atoms with Crippen molar-refractivity contribution in [3.05, 3.63) is 65.6 Å². The fourth-order valence-electron chi connectivity index (χ4n) is 2.52. The number of hydrogen-bond donors (Lipinski definition) is 1. The van der Waals surface area contributed by atoms with Crippen LogP contribution in [0.5, 0.6) is 5.75 Å². The van der Waals surface area contributed by atoms with Gasteiger partial charge in [0, 0.05) is 10.7 Å². The van der Waals surface area contributed by atoms with E-state index < -0.39 is 5.91 Å². The van der Waals surface area contributed by atoms with Gasteiger partial charge in [-0.2, -0.15) is 4.98 Å². The molecule has 9 nitrogen and oxygen atoms in total. The van der Waals surface area contributed by atoms with Crippen molar-refractivity contribution in [2.24, 2.45) is 0 Å². The van der Waals surface area contributed by atoms with E-state index in [4.69, 9.17) is 20.9 Å². The van der Waals surface area contributed by atoms with Gasteiger partial charge in [-0.05, 0) is 49.4 Å². The first kappa shape index (κ1) is 18.6. The van der Waals surface area contributed by atoms with E-state index in [2.05, 4.69) is 25.8 Å². The highest BCUT2D eigenvalue weighted by molar-refractivity contribution is 6.30. The van der Waals surface area contributed by atoms with Crippen LogP contribution < -0.4 is 10.1 Å². The van der Waals surface area contributed by atoms with Gasteiger partial charge in [-0.25, -0.2) is 4.68 Å². The molecule has 1 N–H and O–H groups in total. The standard InChI is InChI=1S/C19H15ClN6O3/c1-2-28-15-8-6-13(7-9-15)21-18(27)19-22-17(24-29-19)16-11-26(25-23-16)14-5-3-4-12(20)10-14/h3-11H,2H2,1H3,(H,21,27). The number of anilines is 1. The summed E-state index contributed by atoms with van der Waals surface area (Å²) in [5.41, 5.74) is 1.66. The van der Waals surface area contributed by atoms with Crippen molar-refractivity contribution >= 4 is 23.2 Å². The number of benzene rings is 2. The van der Waals surface area contributed by atoms with Gasteiger partial charge in [0.15, 0.2) is 5.69 Å². The minimum atomic E-state index is -0.532. The van der Waals surface area contributed by atoms with Crippen LogP contribution in [0.3, 0.4) is 0 Å². The van der Waals surface area contributed by atoms with Gasteiger partial charge in [0.25, 0.3) is 0 Å². The van der Waals surface area contributed by atoms with Crippen LogP contribution in [0.4, 0.5) is 5.69 Å². The molecule has 0 radical (unpaired) electrons. The molecule has 4 aromatic rings. The van der Waals surface area contributed by atoms with Gasteiger partial charge in [0.2, 0.25) is 5.82 Å². The second-order valence-electron chi connectivity index (χ2n) is 5.86. The monoisotopic (exact) mass is 410 g/mol. The average Bonchev–Trinajstić information content (AvgIpc) is 3.39. The van der Waals surface area contributed by atoms with Crippen molar-refractivity contribution in [1.29, 1.82) is 0 Å². The summed E-state index contributed by atoms with van der Waals surface area (Å²) in [5.74, 6) is 0.143. The summed E-state index contributed by atoms with van der Waals surface area (Å²) in [6, 6.07) is 14.1. The average molecular weight is 411 g/mol. The molecule has 0 atom stereocenters. The van der Waals surface area contributed by atoms with Crippen LogP contribution >= 0.6 is 11.6 Å². The first-order valence-electron chi connectivity index (χ1n) is 8.69. The van der Waals surface area contributed by atoms with Gasteiger partial charge < -0.3 is 14.6 Å². The van der Waals surface area contributed by atoms with E-state index in [1.165, 1.54) is 4.68 Å². The summed E-state index contributed by atoms with van der Waals surface area (Å²) in [6.07, 6.45) is 1.62. The maximum absolute atomic E-state index is 12.3. The lowest BCUT2D eigenvalue weighted by Gasteiger charge is -2.05. The Morgan fingerprint density at radius 3 is 2.83 bits per heavy atom. The van der Waals surface area contributed by atoms with Crippen LogP contribution in [0.2, 0.25) is 5.02 Å². The first-order chi connectivity index (χ1) is 14.1. The molecule has 0 bridgehead atoms. The number of amides is 1. The minimum Gasteiger partial charge on any atom is -0.494 e. The topological polar surface area (TPSA) is 108 Å². The van der Waals surface area contributed by atoms with Crippen LogP contribution in [0.15, 0.2) is 59.3 Å². The van der Waals surface area contributed by atoms with Crippen molar-refractivity contribution in [3.63, 3.8) is 0 Å². The number of rotatable bonds is 6. The van der Waals surface area contributed by atoms with Gasteiger partial charge in [-0.3, -0.25) is 4.79 Å². The molecule has 2 heterocycles. The van der Waals surface area contributed by atoms with E-state index in [9.17, 15) is 4.79 Å². The molecule has 0 aliphatic carbocycles. The summed E-state index contributed by atoms with van der Waals surface area (Å²) in [6.45, 7) is 2.47. The highest BCUT2D eigenvalue weighted by Gasteiger charge is 2.18. The molecule has 10 heteroatoms. The van der Waals surface area contributed by atoms with Gasteiger partial charge in [-0.1, -0.05) is 28.0 Å². The third-order valence-corrected chi connectivity index (χ3v) is 4.07. The highest BCUT2D eigenvalue weighted by atomic mass is 35.5. The Labute approximate surface area is 170 Å². The predicted molar refractivity (Wildman–Crippen MR) is 105 cm³/mol. The zero-order valence-electron chi connectivity index (χ0n) is 15.2. The van der Waals surface area contributed by atoms with E-state index in [0.717, 1.165) is 5.69 Å². The lowest BCUT2D eigenvalue weighted by Crippen LogP contribution is -2.12. The normalized spacial score (nSPS) is 10.7. The summed E-state index contributed by atoms with van der Waals surface area (Å²) in [4.78, 5) is 16.4. The number of ether oxygens (including phenoxy) is 1. The molecule has 29 heavy (non-hydrogen) atoms. The zero-order chi connectivity index (χ0) is 20.2. The third kappa shape index (κ3) is 4.25. The number of hydrogen-bond acceptors (Lipinski definition) is 7. The van der Waals surface area contributed by atoms with E-state index in [-0.39, 0.29) is 11.7 Å². The fraction of sp³-hybridized carbons (Fsp3) is 0.105. The summed E-state index contributed by atoms with van der Waals surface area (Å²) >= 11 is 5.99. The van der Waals surface area contributed by atoms with Crippen LogP contribution in [0, 0.1) is 0 Å². The lowest BCUT2D eigenvalue weighted by atomic mass is 10.3. The molecule has 0 saturated heterocycles. The van der Waals surface area contributed by atoms with Gasteiger partial charge in [-0.15, -0.1) is 5.10 Å². The van der Waals surface area contributed by atoms with Crippen molar-refractivity contribution in [2.45, 2.75) is 6.92 Å². The molecule has 1 amide bonds. The Kier molecular flexibility index (Phi) is 5.21. The second-order valence-corrected chi connectivity index (χ2v) is 6.30. The van der Waals surface area contributed by atoms with Gasteiger partial charge in [0.1, 0.15) is 5.75 Å². The Hall–Kier alpha value is -3.72. The third-order valence-electron chi connectivity index (χ3n) is 3.84. The van der Waals surface area contributed by atoms with Gasteiger partial charge in [0.05, 0.1) is 18.5 Å². The highest BCUT2D eigenvalue weighted by Crippen LogP contribution is 2.19. The largest absolute Gasteiger partial charge is 0.494 e. The number of nitrogens with one attached hydrogen (secondary N) is 1. The SMILES string of the molecule is CCOc1ccc(NC(=O)c2nc(-c3cn(-c4cccc(Cl)c4)nn3)no2)cc1. The van der Waals surface area contributed by atoms with Crippen molar-refractivity contribution in [3.8, 4) is 23.0 Å². The van der Waals surface area contributed by atoms with Crippen LogP contribution in [0.25, 0.3) is 17.2 Å². The summed E-state index contributed by atoms with van der Waals surface area (Å²) < 4.78 is 11.9. The quantitative estimate of drug-likeness (QED) is 0.517. The maximum Gasteiger partial charge on any atom is 0.316 e. The molecule has 0 saturated carbocycles. The molecule has 146 valence electrons. The van der Waals surface area contributed by atoms with Gasteiger partial charge >= 0.3 is 11.8 Å². The lowest BCUT2D eigenvalue weighted by molar-refractivity contribution is 0.0981. The van der Waals surface area contributed by atoms with Crippen LogP contribution in [-0.4, -0.2) is 37.6 Å². The molecule has 4 rings (SSSR count). The van der Waals surface area contributed by atoms with Crippen LogP contribution in [-0.2, 0) is 0 Å². The molecular formula is C19H15ClN6O3. The Balaban J connectivity index is 1.47. The molecule has 0 fully saturated rings. The summed E-state index contributed by atoms with van der Waals surface area (Å²) in [5, 5.41) is 15.1. The second kappa shape index (κ2) is 8.11. The smallest absolute Gasteiger partial charge is 0.316 e. The van der Waals surface area contributed by atoms with Crippen molar-refractivity contribution in [2.75, 3.05) is 11.9 Å². The fourth-order valence-corrected chi connectivity index (χ4v) is 2.70. The Bertz CT molecular complexity index is 1140. The molecule has 0 aliphatic heterocycles. The number of carbonyl (C=O) groups excluding carboxylic acids is 1. The molecule has 0 spiro atoms. The molecule has 0 unspecified atom stereocenters. The van der Waals surface area contributed by atoms with Crippen molar-refractivity contribution < 1.29 is 14.1 Å². The minimum absolute atomic E-state index is 0.148. The zero-order valence-corrected chi connectivity index (χ0v) is 16.0. The Morgan fingerprint density at radius 1 is 1.24 bits per heavy atom. The Morgan fingerprint density at radius 2 is 2.07 bits per heavy atom. The summed E-state index contributed by atoms with van der Waals surface area (Å²) in [7, 11) is 0. The number of nitrogens with zero attached hydrogens (tertiary/aromatic N) is 5. The molecule has 0 aliphatic rings. The maximum atomic E-state index is 12.3. The number of aromatic nitrogens is 5. The van der Waals surface area contributed by atoms with E-state index in [1.54, 1.807) is 48.7 Å². The molecule has 2 aromatic heterocycles. The first-order valence-corrected chi connectivity index (χ1v) is 9.07. The van der Waals surface area contributed by atoms with Crippen molar-refractivity contribution in [1.82, 2.24) is 25.1 Å². The van der Waals surface area contributed by atoms with Crippen LogP contribution in [0.1, 0.15) is 17.6 Å². The van der Waals surface area contributed by atoms with E-state index >= 15 is 0 Å². The number of carbonyl (C=O) groups is 1. The molecule has 2 aromatic carbocycles. The van der Waals surface area contributed by atoms with E-state index in [1.807, 2.05) is 13.0 Å².